The van der Waals surface area contributed by atoms with E-state index in [1.807, 2.05) is 0 Å². The second kappa shape index (κ2) is 4.92. The third-order valence-electron chi connectivity index (χ3n) is 1.64. The lowest BCUT2D eigenvalue weighted by molar-refractivity contribution is -0.229. The summed E-state index contributed by atoms with van der Waals surface area (Å²) < 4.78 is 0. The summed E-state index contributed by atoms with van der Waals surface area (Å²) >= 11 is 0. The first kappa shape index (κ1) is 10.9. The molecule has 0 aromatic heterocycles. The second-order valence-corrected chi connectivity index (χ2v) is 2.65. The molecule has 0 aliphatic carbocycles. The molecule has 0 atom stereocenters. The predicted molar refractivity (Wildman–Crippen MR) is 50.8 cm³/mol. The van der Waals surface area contributed by atoms with Gasteiger partial charge in [0, 0.05) is 0 Å². The van der Waals surface area contributed by atoms with Gasteiger partial charge in [0.25, 0.3) is 0 Å². The number of benzene rings is 1. The normalized spacial score (nSPS) is 10.9. The maximum absolute atomic E-state index is 10.8. The van der Waals surface area contributed by atoms with Crippen LogP contribution in [0, 0.1) is 0 Å². The van der Waals surface area contributed by atoms with Crippen LogP contribution in [-0.2, 0) is 14.5 Å². The Hall–Kier alpha value is -2.14. The van der Waals surface area contributed by atoms with E-state index in [1.54, 1.807) is 30.3 Å². The fraction of sp³-hybridized carbons (Fsp3) is 0. The molecule has 0 amide bonds. The highest BCUT2D eigenvalue weighted by Gasteiger charge is 2.18. The minimum atomic E-state index is -1.46. The van der Waals surface area contributed by atoms with Gasteiger partial charge in [0.2, 0.25) is 0 Å². The van der Waals surface area contributed by atoms with Crippen molar-refractivity contribution in [1.82, 2.24) is 0 Å². The molecule has 0 bridgehead atoms. The van der Waals surface area contributed by atoms with Gasteiger partial charge in [-0.05, 0) is 11.6 Å². The van der Waals surface area contributed by atoms with Crippen molar-refractivity contribution in [3.8, 4) is 0 Å². The predicted octanol–water partition coefficient (Wildman–Crippen LogP) is 1.17. The first-order chi connectivity index (χ1) is 7.15. The molecule has 15 heavy (non-hydrogen) atoms. The van der Waals surface area contributed by atoms with Crippen molar-refractivity contribution < 1.29 is 24.8 Å². The van der Waals surface area contributed by atoms with Crippen molar-refractivity contribution in [1.29, 1.82) is 0 Å². The summed E-state index contributed by atoms with van der Waals surface area (Å²) in [5.74, 6) is -2.76. The molecule has 0 spiro atoms. The molecule has 5 nitrogen and oxygen atoms in total. The van der Waals surface area contributed by atoms with Crippen LogP contribution in [-0.4, -0.2) is 22.3 Å². The van der Waals surface area contributed by atoms with Crippen LogP contribution in [0.3, 0.4) is 0 Å². The molecular formula is C10H8O5. The number of rotatable bonds is 3. The largest absolute Gasteiger partial charge is 0.477 e. The van der Waals surface area contributed by atoms with Gasteiger partial charge in [-0.1, -0.05) is 30.3 Å². The quantitative estimate of drug-likeness (QED) is 0.256. The second-order valence-electron chi connectivity index (χ2n) is 2.65. The number of hydrogen-bond donors (Lipinski definition) is 2. The summed E-state index contributed by atoms with van der Waals surface area (Å²) in [6.45, 7) is 0. The van der Waals surface area contributed by atoms with E-state index in [9.17, 15) is 9.59 Å². The summed E-state index contributed by atoms with van der Waals surface area (Å²) in [5, 5.41) is 16.7. The van der Waals surface area contributed by atoms with E-state index in [2.05, 4.69) is 4.89 Å². The zero-order chi connectivity index (χ0) is 11.3. The van der Waals surface area contributed by atoms with Crippen LogP contribution >= 0.6 is 0 Å². The Balaban J connectivity index is 3.05. The Labute approximate surface area is 85.2 Å². The molecule has 0 radical (unpaired) electrons. The summed E-state index contributed by atoms with van der Waals surface area (Å²) in [4.78, 5) is 24.8. The number of aliphatic carboxylic acids is 1. The first-order valence-corrected chi connectivity index (χ1v) is 4.01. The molecule has 0 saturated heterocycles. The molecule has 0 fully saturated rings. The Bertz CT molecular complexity index is 394. The van der Waals surface area contributed by atoms with Crippen LogP contribution in [0.2, 0.25) is 0 Å². The highest BCUT2D eigenvalue weighted by atomic mass is 17.1. The van der Waals surface area contributed by atoms with Gasteiger partial charge in [0.05, 0.1) is 0 Å². The van der Waals surface area contributed by atoms with E-state index < -0.39 is 17.5 Å². The molecular weight excluding hydrogens is 200 g/mol. The summed E-state index contributed by atoms with van der Waals surface area (Å²) in [5.41, 5.74) is -0.107. The molecule has 1 rings (SSSR count). The van der Waals surface area contributed by atoms with Crippen molar-refractivity contribution in [3.63, 3.8) is 0 Å². The average Bonchev–Trinajstić information content (AvgIpc) is 2.26. The van der Waals surface area contributed by atoms with E-state index in [0.29, 0.717) is 5.56 Å². The van der Waals surface area contributed by atoms with E-state index >= 15 is 0 Å². The Kier molecular flexibility index (Phi) is 3.59. The molecule has 0 aliphatic heterocycles. The Morgan fingerprint density at radius 3 is 2.27 bits per heavy atom. The topological polar surface area (TPSA) is 83.8 Å². The van der Waals surface area contributed by atoms with Gasteiger partial charge in [-0.2, -0.15) is 5.26 Å². The van der Waals surface area contributed by atoms with Crippen LogP contribution < -0.4 is 0 Å². The zero-order valence-corrected chi connectivity index (χ0v) is 7.58. The molecule has 78 valence electrons. The number of carbonyl (C=O) groups excluding carboxylic acids is 1. The van der Waals surface area contributed by atoms with Crippen LogP contribution in [0.15, 0.2) is 35.9 Å². The van der Waals surface area contributed by atoms with E-state index in [4.69, 9.17) is 10.4 Å². The maximum Gasteiger partial charge on any atom is 0.380 e. The minimum Gasteiger partial charge on any atom is -0.477 e. The van der Waals surface area contributed by atoms with Gasteiger partial charge in [0.15, 0.2) is 0 Å². The van der Waals surface area contributed by atoms with E-state index in [-0.39, 0.29) is 0 Å². The van der Waals surface area contributed by atoms with Crippen LogP contribution in [0.25, 0.3) is 6.08 Å². The van der Waals surface area contributed by atoms with E-state index in [0.717, 1.165) is 6.08 Å². The molecule has 1 aromatic rings. The van der Waals surface area contributed by atoms with Gasteiger partial charge in [-0.15, -0.1) is 0 Å². The maximum atomic E-state index is 10.8. The van der Waals surface area contributed by atoms with Crippen molar-refractivity contribution in [2.45, 2.75) is 0 Å². The SMILES string of the molecule is O=C(O)C(=Cc1ccccc1)C(=O)OO. The standard InChI is InChI=1S/C10H8O5/c11-9(12)8(10(13)15-14)6-7-4-2-1-3-5-7/h1-6,14H,(H,11,12). The third kappa shape index (κ3) is 2.92. The van der Waals surface area contributed by atoms with Gasteiger partial charge in [-0.3, -0.25) is 4.89 Å². The molecule has 1 aromatic carbocycles. The van der Waals surface area contributed by atoms with Gasteiger partial charge >= 0.3 is 11.9 Å². The van der Waals surface area contributed by atoms with Crippen LogP contribution in [0.5, 0.6) is 0 Å². The highest BCUT2D eigenvalue weighted by molar-refractivity contribution is 6.16. The lowest BCUT2D eigenvalue weighted by Crippen LogP contribution is -2.13. The molecule has 5 heteroatoms. The van der Waals surface area contributed by atoms with Crippen molar-refractivity contribution in [2.24, 2.45) is 0 Å². The Morgan fingerprint density at radius 1 is 1.20 bits per heavy atom. The van der Waals surface area contributed by atoms with E-state index in [1.165, 1.54) is 0 Å². The summed E-state index contributed by atoms with van der Waals surface area (Å²) in [6, 6.07) is 8.37. The number of carboxylic acid groups (broad SMARTS) is 1. The lowest BCUT2D eigenvalue weighted by Gasteiger charge is -1.98. The fourth-order valence-electron chi connectivity index (χ4n) is 0.973. The molecule has 2 N–H and O–H groups in total. The summed E-state index contributed by atoms with van der Waals surface area (Å²) in [6.07, 6.45) is 1.11. The van der Waals surface area contributed by atoms with Crippen LogP contribution in [0.4, 0.5) is 0 Å². The van der Waals surface area contributed by atoms with Crippen LogP contribution in [0.1, 0.15) is 5.56 Å². The number of hydrogen-bond acceptors (Lipinski definition) is 4. The highest BCUT2D eigenvalue weighted by Crippen LogP contribution is 2.07. The molecule has 0 heterocycles. The summed E-state index contributed by atoms with van der Waals surface area (Å²) in [7, 11) is 0. The fourth-order valence-corrected chi connectivity index (χ4v) is 0.973. The molecule has 0 aliphatic rings. The van der Waals surface area contributed by atoms with Gasteiger partial charge in [-0.25, -0.2) is 9.59 Å². The molecule has 0 unspecified atom stereocenters. The van der Waals surface area contributed by atoms with Crippen molar-refractivity contribution in [3.05, 3.63) is 41.5 Å². The first-order valence-electron chi connectivity index (χ1n) is 4.01. The average molecular weight is 208 g/mol. The third-order valence-corrected chi connectivity index (χ3v) is 1.64. The molecule has 0 saturated carbocycles. The Morgan fingerprint density at radius 2 is 1.80 bits per heavy atom. The number of carboxylic acids is 1. The zero-order valence-electron chi connectivity index (χ0n) is 7.58. The van der Waals surface area contributed by atoms with Gasteiger partial charge < -0.3 is 5.11 Å². The van der Waals surface area contributed by atoms with Crippen molar-refractivity contribution in [2.75, 3.05) is 0 Å². The monoisotopic (exact) mass is 208 g/mol. The van der Waals surface area contributed by atoms with Crippen molar-refractivity contribution >= 4 is 18.0 Å². The lowest BCUT2D eigenvalue weighted by atomic mass is 10.1. The number of carbonyl (C=O) groups is 2. The minimum absolute atomic E-state index is 0.528. The van der Waals surface area contributed by atoms with Gasteiger partial charge in [0.1, 0.15) is 5.57 Å². The smallest absolute Gasteiger partial charge is 0.380 e.